The zero-order chi connectivity index (χ0) is 98.3. The summed E-state index contributed by atoms with van der Waals surface area (Å²) in [5, 5.41) is 43.1. The number of morpholine rings is 3. The second-order valence-corrected chi connectivity index (χ2v) is 36.7. The van der Waals surface area contributed by atoms with E-state index in [1.807, 2.05) is 148 Å². The average molecular weight is 1930 g/mol. The number of carbonyl (C=O) groups excluding carboxylic acids is 1. The lowest BCUT2D eigenvalue weighted by Crippen LogP contribution is -2.36. The van der Waals surface area contributed by atoms with Gasteiger partial charge in [-0.1, -0.05) is 54.6 Å². The highest BCUT2D eigenvalue weighted by molar-refractivity contribution is 6.00. The van der Waals surface area contributed by atoms with E-state index in [9.17, 15) is 25.8 Å². The second kappa shape index (κ2) is 44.4. The van der Waals surface area contributed by atoms with Gasteiger partial charge in [0.15, 0.2) is 0 Å². The van der Waals surface area contributed by atoms with Crippen molar-refractivity contribution in [3.8, 4) is 132 Å². The van der Waals surface area contributed by atoms with Crippen LogP contribution in [0, 0.1) is 51.1 Å². The zero-order valence-electron chi connectivity index (χ0n) is 80.1. The number of aromatic nitrogens is 11. The molecule has 4 N–H and O–H groups in total. The van der Waals surface area contributed by atoms with Gasteiger partial charge in [-0.25, -0.2) is 14.4 Å². The maximum atomic E-state index is 15.1. The van der Waals surface area contributed by atoms with Crippen LogP contribution < -0.4 is 28.9 Å². The minimum Gasteiger partial charge on any atom is -0.489 e. The maximum absolute atomic E-state index is 15.1. The van der Waals surface area contributed by atoms with Gasteiger partial charge in [0.05, 0.1) is 142 Å². The minimum atomic E-state index is -0.254. The first kappa shape index (κ1) is 94.8. The summed E-state index contributed by atoms with van der Waals surface area (Å²) in [7, 11) is 0. The number of H-pyrrole nitrogens is 4. The first-order valence-electron chi connectivity index (χ1n) is 49.4. The third-order valence-corrected chi connectivity index (χ3v) is 27.5. The molecule has 17 heterocycles. The summed E-state index contributed by atoms with van der Waals surface area (Å²) < 4.78 is 68.0. The van der Waals surface area contributed by atoms with Crippen molar-refractivity contribution in [2.24, 2.45) is 0 Å². The van der Waals surface area contributed by atoms with Crippen LogP contribution in [-0.4, -0.2) is 209 Å². The van der Waals surface area contributed by atoms with E-state index in [1.54, 1.807) is 37.1 Å². The van der Waals surface area contributed by atoms with Crippen molar-refractivity contribution < 1.29 is 51.8 Å². The van der Waals surface area contributed by atoms with Crippen LogP contribution in [0.3, 0.4) is 0 Å². The number of aromatic amines is 4. The van der Waals surface area contributed by atoms with E-state index < -0.39 is 0 Å². The highest BCUT2D eigenvalue weighted by Gasteiger charge is 2.28. The van der Waals surface area contributed by atoms with E-state index in [0.29, 0.717) is 124 Å². The highest BCUT2D eigenvalue weighted by atomic mass is 19.1. The van der Waals surface area contributed by atoms with E-state index in [1.165, 1.54) is 11.3 Å². The SMILES string of the molecule is N#Cc1cc(-c2nccc3[nH]c(-c4ccc(Cn5ccnc5)cc4)cc23)ccc1OC1CCOCC1.N#Cc1cc(-c2nccc3[nH]c(-c4ccc(N5CCOCC5)c(F)c4)cc23)ccc1OC1CCOCC1.N#Cc1cc(-c2nccc3[nH]c(-c4ccc(N5CCOCC5)cc4)cc23)ccc1CN1CCCC1=O.N#Cc1cc(-c2nccc3[nH]c(-c4ccc(N5CCOCC5)nc4)cc23)ccc1OC1CCOCC1. The lowest BCUT2D eigenvalue weighted by molar-refractivity contribution is -0.128. The fraction of sp³-hybridized carbons (Fsp3) is 0.278. The van der Waals surface area contributed by atoms with Gasteiger partial charge in [0, 0.05) is 253 Å². The van der Waals surface area contributed by atoms with Crippen LogP contribution >= 0.6 is 0 Å². The fourth-order valence-corrected chi connectivity index (χ4v) is 19.6. The second-order valence-electron chi connectivity index (χ2n) is 36.7. The number of pyridine rings is 5. The number of rotatable bonds is 21. The number of fused-ring (bicyclic) bond motifs is 4. The van der Waals surface area contributed by atoms with Crippen molar-refractivity contribution in [3.05, 3.63) is 289 Å². The average Bonchev–Trinajstić information content (AvgIpc) is 1.65. The number of benzene rings is 7. The Balaban J connectivity index is 0.000000114. The van der Waals surface area contributed by atoms with Gasteiger partial charge in [-0.2, -0.15) is 21.0 Å². The van der Waals surface area contributed by atoms with E-state index >= 15 is 4.39 Å². The van der Waals surface area contributed by atoms with Crippen LogP contribution in [0.4, 0.5) is 21.6 Å². The number of likely N-dealkylation sites (tertiary alicyclic amines) is 1. The molecule has 29 nitrogen and oxygen atoms in total. The monoisotopic (exact) mass is 1930 g/mol. The molecule has 0 spiro atoms. The third-order valence-electron chi connectivity index (χ3n) is 27.5. The molecule has 0 saturated carbocycles. The van der Waals surface area contributed by atoms with E-state index in [2.05, 4.69) is 163 Å². The Kier molecular flexibility index (Phi) is 29.0. The lowest BCUT2D eigenvalue weighted by atomic mass is 10.0. The normalized spacial score (nSPS) is 15.9. The van der Waals surface area contributed by atoms with Crippen molar-refractivity contribution in [2.75, 3.05) is 140 Å². The number of nitrogens with zero attached hydrogens (tertiary/aromatic N) is 15. The molecule has 728 valence electrons. The zero-order valence-corrected chi connectivity index (χ0v) is 80.1. The number of halogens is 1. The van der Waals surface area contributed by atoms with Gasteiger partial charge in [-0.3, -0.25) is 24.7 Å². The molecule has 24 rings (SSSR count). The van der Waals surface area contributed by atoms with Gasteiger partial charge in [-0.15, -0.1) is 0 Å². The first-order chi connectivity index (χ1) is 71.4. The van der Waals surface area contributed by atoms with E-state index in [4.69, 9.17) is 42.6 Å². The van der Waals surface area contributed by atoms with Crippen molar-refractivity contribution in [1.29, 1.82) is 21.0 Å². The molecule has 7 fully saturated rings. The lowest BCUT2D eigenvalue weighted by Gasteiger charge is -2.29. The molecule has 0 atom stereocenters. The largest absolute Gasteiger partial charge is 0.489 e. The Morgan fingerprint density at radius 3 is 1.16 bits per heavy atom. The summed E-state index contributed by atoms with van der Waals surface area (Å²) >= 11 is 0. The molecule has 7 saturated heterocycles. The van der Waals surface area contributed by atoms with Gasteiger partial charge >= 0.3 is 0 Å². The minimum absolute atomic E-state index is 0.0514. The quantitative estimate of drug-likeness (QED) is 0.0519. The van der Waals surface area contributed by atoms with Crippen LogP contribution in [0.2, 0.25) is 0 Å². The molecule has 0 unspecified atom stereocenters. The van der Waals surface area contributed by atoms with Crippen LogP contribution in [0.15, 0.2) is 250 Å². The fourth-order valence-electron chi connectivity index (χ4n) is 19.6. The molecule has 1 amide bonds. The summed E-state index contributed by atoms with van der Waals surface area (Å²) in [5.74, 6) is 2.68. The number of imidazole rings is 1. The summed E-state index contributed by atoms with van der Waals surface area (Å²) in [4.78, 5) is 61.8. The number of nitriles is 4. The van der Waals surface area contributed by atoms with Gasteiger partial charge in [-0.05, 0) is 174 Å². The highest BCUT2D eigenvalue weighted by Crippen LogP contribution is 2.42. The van der Waals surface area contributed by atoms with Crippen molar-refractivity contribution in [2.45, 2.75) is 82.8 Å². The molecule has 7 aliphatic heterocycles. The Morgan fingerprint density at radius 2 is 0.752 bits per heavy atom. The van der Waals surface area contributed by atoms with Crippen molar-refractivity contribution in [3.63, 3.8) is 0 Å². The maximum Gasteiger partial charge on any atom is 0.222 e. The molecule has 145 heavy (non-hydrogen) atoms. The topological polar surface area (TPSA) is 354 Å². The number of hydrogen-bond acceptors (Lipinski definition) is 23. The number of carbonyl (C=O) groups is 1. The molecule has 7 aliphatic rings. The molecule has 0 bridgehead atoms. The Bertz CT molecular complexity index is 7650. The molecule has 10 aromatic heterocycles. The molecule has 30 heteroatoms. The van der Waals surface area contributed by atoms with Crippen LogP contribution in [-0.2, 0) is 46.3 Å². The van der Waals surface area contributed by atoms with Gasteiger partial charge in [0.1, 0.15) is 65.4 Å². The number of amides is 1. The van der Waals surface area contributed by atoms with Gasteiger partial charge < -0.3 is 86.7 Å². The summed E-state index contributed by atoms with van der Waals surface area (Å²) in [5.41, 5.74) is 24.3. The summed E-state index contributed by atoms with van der Waals surface area (Å²) in [6.45, 7) is 15.3. The Morgan fingerprint density at radius 1 is 0.366 bits per heavy atom. The van der Waals surface area contributed by atoms with E-state index in [0.717, 1.165) is 256 Å². The number of anilines is 3. The third kappa shape index (κ3) is 21.8. The molecule has 0 aliphatic carbocycles. The Hall–Kier alpha value is -16.4. The van der Waals surface area contributed by atoms with Gasteiger partial charge in [0.2, 0.25) is 5.91 Å². The number of hydrogen-bond donors (Lipinski definition) is 4. The van der Waals surface area contributed by atoms with Crippen molar-refractivity contribution in [1.82, 2.24) is 59.3 Å². The molecular weight excluding hydrogens is 1830 g/mol. The summed E-state index contributed by atoms with van der Waals surface area (Å²) in [6.07, 6.45) is 21.2. The van der Waals surface area contributed by atoms with Crippen molar-refractivity contribution >= 4 is 66.7 Å². The molecule has 0 radical (unpaired) electrons. The smallest absolute Gasteiger partial charge is 0.222 e. The number of ether oxygens (including phenoxy) is 9. The standard InChI is InChI=1S/C29H27FN4O3.C29H25N5O2.C29H27N5O2.C28H27N5O3/c30-24-16-19(1-3-27(24)34-9-13-36-14-10-34)26-17-23-25(33-26)5-8-32-29(23)20-2-4-28(21(15-20)18-31)37-22-6-11-35-12-7-22;30-17-23-15-22(5-6-28(23)36-24-8-13-35-14-9-24)29-25-16-27(33-26(25)7-10-32-29)21-3-1-20(2-4-21)18-34-12-11-31-19-34;30-18-23-16-21(3-4-22(23)19-34-11-1-2-28(34)35)29-25-17-27(32-26(25)9-10-31-29)20-5-7-24(8-6-20)33-12-14-36-15-13-33;29-17-21-15-19(1-3-26(21)36-22-6-11-34-12-7-22)28-23-16-25(32-24(23)5-8-30-28)20-2-4-27(31-18-20)33-9-13-35-14-10-33/h1-5,8,15-17,22,33H,6-7,9-14H2;1-7,10-12,15-16,19,24,33H,8-9,13-14,18H2;3-10,16-17,32H,1-2,11-15,19H2;1-5,8,15-16,18,22,32H,6-7,9-14H2. The molecule has 7 aromatic carbocycles. The first-order valence-corrected chi connectivity index (χ1v) is 49.4. The van der Waals surface area contributed by atoms with Crippen LogP contribution in [0.5, 0.6) is 17.2 Å². The summed E-state index contributed by atoms with van der Waals surface area (Å²) in [6, 6.07) is 74.8. The number of nitrogens with one attached hydrogen (secondary N) is 4. The molecule has 17 aromatic rings. The molecular formula is C115H106FN19O10. The van der Waals surface area contributed by atoms with E-state index in [-0.39, 0.29) is 30.0 Å². The predicted molar refractivity (Wildman–Crippen MR) is 553 cm³/mol. The Labute approximate surface area is 837 Å². The van der Waals surface area contributed by atoms with Gasteiger partial charge in [0.25, 0.3) is 0 Å². The van der Waals surface area contributed by atoms with Crippen LogP contribution in [0.1, 0.15) is 84.7 Å². The van der Waals surface area contributed by atoms with Crippen LogP contribution in [0.25, 0.3) is 134 Å². The predicted octanol–water partition coefficient (Wildman–Crippen LogP) is 20.2.